The van der Waals surface area contributed by atoms with Gasteiger partial charge in [-0.15, -0.1) is 0 Å². The zero-order valence-electron chi connectivity index (χ0n) is 11.8. The lowest BCUT2D eigenvalue weighted by molar-refractivity contribution is 0.372. The molecule has 106 valence electrons. The van der Waals surface area contributed by atoms with E-state index in [1.54, 1.807) is 6.20 Å². The van der Waals surface area contributed by atoms with Crippen molar-refractivity contribution in [2.45, 2.75) is 18.8 Å². The molecule has 2 aromatic heterocycles. The molecule has 21 heavy (non-hydrogen) atoms. The quantitative estimate of drug-likeness (QED) is 0.737. The van der Waals surface area contributed by atoms with Crippen molar-refractivity contribution in [2.24, 2.45) is 13.0 Å². The Bertz CT molecular complexity index is 746. The summed E-state index contributed by atoms with van der Waals surface area (Å²) in [5.74, 6) is 3.25. The molecule has 1 aromatic carbocycles. The summed E-state index contributed by atoms with van der Waals surface area (Å²) >= 11 is 0. The summed E-state index contributed by atoms with van der Waals surface area (Å²) in [5.41, 5.74) is 1.41. The van der Waals surface area contributed by atoms with Crippen LogP contribution in [-0.4, -0.2) is 19.7 Å². The van der Waals surface area contributed by atoms with Gasteiger partial charge in [-0.05, 0) is 23.8 Å². The number of benzene rings is 1. The normalized spacial score (nSPS) is 20.6. The first-order valence-electron chi connectivity index (χ1n) is 7.16. The summed E-state index contributed by atoms with van der Waals surface area (Å²) < 4.78 is 7.25. The van der Waals surface area contributed by atoms with E-state index in [2.05, 4.69) is 45.5 Å². The molecular weight excluding hydrogens is 264 g/mol. The van der Waals surface area contributed by atoms with Gasteiger partial charge in [-0.25, -0.2) is 4.98 Å². The molecule has 5 heteroatoms. The van der Waals surface area contributed by atoms with Crippen molar-refractivity contribution in [1.82, 2.24) is 19.7 Å². The lowest BCUT2D eigenvalue weighted by atomic mass is 10.1. The summed E-state index contributed by atoms with van der Waals surface area (Å²) in [6.45, 7) is 0. The van der Waals surface area contributed by atoms with E-state index < -0.39 is 0 Å². The Labute approximate surface area is 122 Å². The van der Waals surface area contributed by atoms with E-state index >= 15 is 0 Å². The average Bonchev–Trinajstić information content (AvgIpc) is 2.89. The lowest BCUT2D eigenvalue weighted by Crippen LogP contribution is -1.94. The zero-order valence-corrected chi connectivity index (χ0v) is 11.8. The molecule has 0 saturated heterocycles. The number of aromatic nitrogens is 4. The molecule has 1 fully saturated rings. The Morgan fingerprint density at radius 3 is 2.90 bits per heavy atom. The molecular formula is C16H16N4O. The van der Waals surface area contributed by atoms with E-state index in [0.717, 1.165) is 12.2 Å². The topological polar surface area (TPSA) is 56.7 Å². The van der Waals surface area contributed by atoms with Gasteiger partial charge in [-0.3, -0.25) is 0 Å². The first-order valence-corrected chi connectivity index (χ1v) is 7.16. The highest BCUT2D eigenvalue weighted by Crippen LogP contribution is 2.49. The van der Waals surface area contributed by atoms with Gasteiger partial charge in [0.1, 0.15) is 0 Å². The molecule has 0 amide bonds. The van der Waals surface area contributed by atoms with E-state index in [1.165, 1.54) is 12.0 Å². The van der Waals surface area contributed by atoms with Crippen LogP contribution in [0.1, 0.15) is 23.8 Å². The smallest absolute Gasteiger partial charge is 0.238 e. The number of hydrogen-bond donors (Lipinski definition) is 0. The Morgan fingerprint density at radius 1 is 1.29 bits per heavy atom. The van der Waals surface area contributed by atoms with Crippen molar-refractivity contribution >= 4 is 0 Å². The maximum Gasteiger partial charge on any atom is 0.238 e. The van der Waals surface area contributed by atoms with Crippen LogP contribution in [0.3, 0.4) is 0 Å². The number of nitrogens with zero attached hydrogens (tertiary/aromatic N) is 4. The van der Waals surface area contributed by atoms with Crippen molar-refractivity contribution in [3.8, 4) is 11.6 Å². The number of rotatable bonds is 4. The molecule has 0 N–H and O–H groups in total. The predicted molar refractivity (Wildman–Crippen MR) is 77.5 cm³/mol. The van der Waals surface area contributed by atoms with Crippen molar-refractivity contribution in [3.05, 3.63) is 54.2 Å². The van der Waals surface area contributed by atoms with Gasteiger partial charge in [0, 0.05) is 25.9 Å². The van der Waals surface area contributed by atoms with Crippen LogP contribution in [0.25, 0.3) is 11.6 Å². The molecule has 0 aliphatic heterocycles. The van der Waals surface area contributed by atoms with Crippen molar-refractivity contribution < 1.29 is 4.52 Å². The van der Waals surface area contributed by atoms with Crippen LogP contribution >= 0.6 is 0 Å². The maximum atomic E-state index is 5.36. The second kappa shape index (κ2) is 4.84. The molecule has 2 atom stereocenters. The Kier molecular flexibility index (Phi) is 2.84. The van der Waals surface area contributed by atoms with Crippen LogP contribution < -0.4 is 0 Å². The fraction of sp³-hybridized carbons (Fsp3) is 0.312. The molecule has 0 unspecified atom stereocenters. The van der Waals surface area contributed by atoms with Crippen LogP contribution in [0.2, 0.25) is 0 Å². The minimum atomic E-state index is 0.564. The van der Waals surface area contributed by atoms with Crippen molar-refractivity contribution in [3.63, 3.8) is 0 Å². The second-order valence-corrected chi connectivity index (χ2v) is 5.59. The molecule has 4 rings (SSSR count). The highest BCUT2D eigenvalue weighted by Gasteiger charge is 2.39. The third kappa shape index (κ3) is 2.35. The highest BCUT2D eigenvalue weighted by atomic mass is 16.5. The van der Waals surface area contributed by atoms with Gasteiger partial charge < -0.3 is 9.09 Å². The first kappa shape index (κ1) is 12.3. The van der Waals surface area contributed by atoms with E-state index in [1.807, 2.05) is 17.8 Å². The Hall–Kier alpha value is -2.43. The molecule has 0 bridgehead atoms. The Morgan fingerprint density at radius 2 is 2.14 bits per heavy atom. The standard InChI is InChI=1S/C16H16N4O/c1-20-8-7-17-16(20)15-18-14(21-19-15)10-12-9-13(12)11-5-3-2-4-6-11/h2-8,12-13H,9-10H2,1H3/t12-,13-/m0/s1. The van der Waals surface area contributed by atoms with Crippen LogP contribution in [0, 0.1) is 5.92 Å². The molecule has 2 heterocycles. The van der Waals surface area contributed by atoms with Gasteiger partial charge in [0.2, 0.25) is 11.7 Å². The van der Waals surface area contributed by atoms with Gasteiger partial charge in [-0.2, -0.15) is 4.98 Å². The molecule has 0 spiro atoms. The van der Waals surface area contributed by atoms with Crippen molar-refractivity contribution in [1.29, 1.82) is 0 Å². The minimum Gasteiger partial charge on any atom is -0.339 e. The first-order chi connectivity index (χ1) is 10.3. The molecule has 3 aromatic rings. The zero-order chi connectivity index (χ0) is 14.2. The fourth-order valence-corrected chi connectivity index (χ4v) is 2.82. The van der Waals surface area contributed by atoms with Crippen LogP contribution in [0.5, 0.6) is 0 Å². The monoisotopic (exact) mass is 280 g/mol. The van der Waals surface area contributed by atoms with Crippen molar-refractivity contribution in [2.75, 3.05) is 0 Å². The molecule has 1 aliphatic carbocycles. The van der Waals surface area contributed by atoms with E-state index in [9.17, 15) is 0 Å². The minimum absolute atomic E-state index is 0.564. The summed E-state index contributed by atoms with van der Waals surface area (Å²) in [7, 11) is 1.92. The van der Waals surface area contributed by atoms with Gasteiger partial charge in [0.05, 0.1) is 0 Å². The predicted octanol–water partition coefficient (Wildman–Crippen LogP) is 2.82. The van der Waals surface area contributed by atoms with E-state index in [4.69, 9.17) is 4.52 Å². The van der Waals surface area contributed by atoms with Crippen LogP contribution in [0.15, 0.2) is 47.2 Å². The number of imidazole rings is 1. The van der Waals surface area contributed by atoms with E-state index in [0.29, 0.717) is 23.6 Å². The van der Waals surface area contributed by atoms with Crippen LogP contribution in [-0.2, 0) is 13.5 Å². The lowest BCUT2D eigenvalue weighted by Gasteiger charge is -1.97. The third-order valence-electron chi connectivity index (χ3n) is 4.08. The van der Waals surface area contributed by atoms with Gasteiger partial charge in [0.25, 0.3) is 0 Å². The number of hydrogen-bond acceptors (Lipinski definition) is 4. The summed E-state index contributed by atoms with van der Waals surface area (Å²) in [4.78, 5) is 8.70. The summed E-state index contributed by atoms with van der Waals surface area (Å²) in [6.07, 6.45) is 5.65. The Balaban J connectivity index is 1.46. The van der Waals surface area contributed by atoms with Gasteiger partial charge in [0.15, 0.2) is 5.82 Å². The maximum absolute atomic E-state index is 5.36. The summed E-state index contributed by atoms with van der Waals surface area (Å²) in [5, 5.41) is 4.03. The second-order valence-electron chi connectivity index (χ2n) is 5.59. The van der Waals surface area contributed by atoms with Gasteiger partial charge in [-0.1, -0.05) is 35.5 Å². The number of aryl methyl sites for hydroxylation is 1. The fourth-order valence-electron chi connectivity index (χ4n) is 2.82. The molecule has 5 nitrogen and oxygen atoms in total. The molecule has 1 aliphatic rings. The molecule has 0 radical (unpaired) electrons. The van der Waals surface area contributed by atoms with Crippen LogP contribution in [0.4, 0.5) is 0 Å². The molecule has 1 saturated carbocycles. The highest BCUT2D eigenvalue weighted by molar-refractivity contribution is 5.42. The average molecular weight is 280 g/mol. The van der Waals surface area contributed by atoms with Gasteiger partial charge >= 0.3 is 0 Å². The third-order valence-corrected chi connectivity index (χ3v) is 4.08. The summed E-state index contributed by atoms with van der Waals surface area (Å²) in [6, 6.07) is 10.6. The van der Waals surface area contributed by atoms with E-state index in [-0.39, 0.29) is 0 Å². The SMILES string of the molecule is Cn1ccnc1-c1noc(C[C@@H]2C[C@H]2c2ccccc2)n1. The largest absolute Gasteiger partial charge is 0.339 e.